The topological polar surface area (TPSA) is 72.6 Å². The average Bonchev–Trinajstić information content (AvgIpc) is 2.51. The van der Waals surface area contributed by atoms with Crippen LogP contribution >= 0.6 is 12.4 Å². The van der Waals surface area contributed by atoms with Crippen LogP contribution in [0.15, 0.2) is 30.3 Å². The van der Waals surface area contributed by atoms with Crippen molar-refractivity contribution in [2.45, 2.75) is 32.7 Å². The number of carbonyl (C=O) groups excluding carboxylic acids is 2. The van der Waals surface area contributed by atoms with Crippen LogP contribution < -0.4 is 5.73 Å². The van der Waals surface area contributed by atoms with Crippen LogP contribution in [0.3, 0.4) is 0 Å². The first-order chi connectivity index (χ1) is 10.4. The molecular formula is C17H27ClN2O3. The molecule has 0 heterocycles. The summed E-state index contributed by atoms with van der Waals surface area (Å²) in [4.78, 5) is 25.4. The van der Waals surface area contributed by atoms with E-state index in [-0.39, 0.29) is 43.2 Å². The van der Waals surface area contributed by atoms with Gasteiger partial charge in [0.25, 0.3) is 0 Å². The van der Waals surface area contributed by atoms with Gasteiger partial charge in [0.2, 0.25) is 5.91 Å². The zero-order valence-electron chi connectivity index (χ0n) is 14.0. The molecule has 1 unspecified atom stereocenters. The molecule has 130 valence electrons. The largest absolute Gasteiger partial charge is 0.469 e. The molecule has 0 fully saturated rings. The Morgan fingerprint density at radius 2 is 1.83 bits per heavy atom. The molecule has 0 spiro atoms. The van der Waals surface area contributed by atoms with Gasteiger partial charge in [0.15, 0.2) is 0 Å². The van der Waals surface area contributed by atoms with Crippen LogP contribution in [0.4, 0.5) is 0 Å². The van der Waals surface area contributed by atoms with Crippen LogP contribution in [0.1, 0.15) is 38.3 Å². The number of methoxy groups -OCH3 is 1. The Labute approximate surface area is 144 Å². The number of esters is 1. The van der Waals surface area contributed by atoms with E-state index in [9.17, 15) is 9.59 Å². The predicted octanol–water partition coefficient (Wildman–Crippen LogP) is 2.55. The van der Waals surface area contributed by atoms with Crippen molar-refractivity contribution in [2.24, 2.45) is 11.7 Å². The Morgan fingerprint density at radius 3 is 2.35 bits per heavy atom. The number of hydrogen-bond donors (Lipinski definition) is 1. The number of carbonyl (C=O) groups is 2. The molecule has 0 saturated carbocycles. The van der Waals surface area contributed by atoms with Crippen molar-refractivity contribution < 1.29 is 14.3 Å². The zero-order chi connectivity index (χ0) is 16.5. The van der Waals surface area contributed by atoms with Gasteiger partial charge in [-0.05, 0) is 11.5 Å². The highest BCUT2D eigenvalue weighted by Gasteiger charge is 2.19. The number of amides is 1. The normalized spacial score (nSPS) is 11.5. The van der Waals surface area contributed by atoms with E-state index in [0.717, 1.165) is 5.56 Å². The van der Waals surface area contributed by atoms with Gasteiger partial charge < -0.3 is 15.4 Å². The molecule has 1 aromatic carbocycles. The quantitative estimate of drug-likeness (QED) is 0.737. The minimum absolute atomic E-state index is 0. The Hall–Kier alpha value is -1.59. The van der Waals surface area contributed by atoms with Gasteiger partial charge in [-0.25, -0.2) is 0 Å². The standard InChI is InChI=1S/C17H26N2O3.ClH/c1-13(2)12-19(10-9-17(21)22-3)16(20)11-15(18)14-7-5-4-6-8-14;/h4-8,13,15H,9-12,18H2,1-3H3;1H. The van der Waals surface area contributed by atoms with Crippen molar-refractivity contribution in [1.82, 2.24) is 4.90 Å². The fourth-order valence-corrected chi connectivity index (χ4v) is 2.22. The number of benzene rings is 1. The maximum atomic E-state index is 12.5. The third-order valence-corrected chi connectivity index (χ3v) is 3.37. The highest BCUT2D eigenvalue weighted by atomic mass is 35.5. The second kappa shape index (κ2) is 11.0. The lowest BCUT2D eigenvalue weighted by Gasteiger charge is -2.25. The molecule has 1 rings (SSSR count). The number of ether oxygens (including phenoxy) is 1. The zero-order valence-corrected chi connectivity index (χ0v) is 14.8. The maximum Gasteiger partial charge on any atom is 0.307 e. The first-order valence-corrected chi connectivity index (χ1v) is 7.59. The molecule has 2 N–H and O–H groups in total. The van der Waals surface area contributed by atoms with Crippen LogP contribution in [0.2, 0.25) is 0 Å². The molecule has 1 atom stereocenters. The van der Waals surface area contributed by atoms with E-state index in [1.165, 1.54) is 7.11 Å². The molecule has 0 radical (unpaired) electrons. The first-order valence-electron chi connectivity index (χ1n) is 7.59. The van der Waals surface area contributed by atoms with Gasteiger partial charge in [-0.1, -0.05) is 44.2 Å². The van der Waals surface area contributed by atoms with Gasteiger partial charge in [0, 0.05) is 25.6 Å². The van der Waals surface area contributed by atoms with Crippen LogP contribution in [0.25, 0.3) is 0 Å². The number of nitrogens with two attached hydrogens (primary N) is 1. The van der Waals surface area contributed by atoms with Crippen molar-refractivity contribution in [3.8, 4) is 0 Å². The van der Waals surface area contributed by atoms with Crippen LogP contribution in [-0.4, -0.2) is 37.0 Å². The molecule has 0 aliphatic heterocycles. The second-order valence-corrected chi connectivity index (χ2v) is 5.78. The SMILES string of the molecule is COC(=O)CCN(CC(C)C)C(=O)CC(N)c1ccccc1.Cl. The summed E-state index contributed by atoms with van der Waals surface area (Å²) in [7, 11) is 1.35. The van der Waals surface area contributed by atoms with E-state index in [4.69, 9.17) is 5.73 Å². The van der Waals surface area contributed by atoms with Crippen molar-refractivity contribution in [2.75, 3.05) is 20.2 Å². The predicted molar refractivity (Wildman–Crippen MR) is 93.3 cm³/mol. The number of nitrogens with zero attached hydrogens (tertiary/aromatic N) is 1. The number of hydrogen-bond acceptors (Lipinski definition) is 4. The summed E-state index contributed by atoms with van der Waals surface area (Å²) in [5, 5.41) is 0. The number of halogens is 1. The lowest BCUT2D eigenvalue weighted by molar-refractivity contribution is -0.142. The average molecular weight is 343 g/mol. The monoisotopic (exact) mass is 342 g/mol. The highest BCUT2D eigenvalue weighted by Crippen LogP contribution is 2.15. The number of rotatable bonds is 8. The van der Waals surface area contributed by atoms with Gasteiger partial charge in [-0.2, -0.15) is 0 Å². The molecule has 5 nitrogen and oxygen atoms in total. The van der Waals surface area contributed by atoms with Crippen LogP contribution in [0.5, 0.6) is 0 Å². The molecule has 23 heavy (non-hydrogen) atoms. The maximum absolute atomic E-state index is 12.5. The summed E-state index contributed by atoms with van der Waals surface area (Å²) in [5.41, 5.74) is 7.05. The molecule has 0 saturated heterocycles. The second-order valence-electron chi connectivity index (χ2n) is 5.78. The van der Waals surface area contributed by atoms with Crippen molar-refractivity contribution in [3.63, 3.8) is 0 Å². The first kappa shape index (κ1) is 21.4. The van der Waals surface area contributed by atoms with Gasteiger partial charge >= 0.3 is 5.97 Å². The van der Waals surface area contributed by atoms with E-state index >= 15 is 0 Å². The minimum Gasteiger partial charge on any atom is -0.469 e. The molecule has 1 aromatic rings. The molecule has 6 heteroatoms. The van der Waals surface area contributed by atoms with E-state index < -0.39 is 0 Å². The fourth-order valence-electron chi connectivity index (χ4n) is 2.22. The molecule has 0 aliphatic carbocycles. The van der Waals surface area contributed by atoms with Crippen molar-refractivity contribution in [1.29, 1.82) is 0 Å². The van der Waals surface area contributed by atoms with E-state index in [1.54, 1.807) is 4.90 Å². The smallest absolute Gasteiger partial charge is 0.307 e. The Morgan fingerprint density at radius 1 is 1.22 bits per heavy atom. The summed E-state index contributed by atoms with van der Waals surface area (Å²) in [5.74, 6) is -0.0163. The van der Waals surface area contributed by atoms with Crippen LogP contribution in [0, 0.1) is 5.92 Å². The van der Waals surface area contributed by atoms with Crippen LogP contribution in [-0.2, 0) is 14.3 Å². The molecule has 0 bridgehead atoms. The van der Waals surface area contributed by atoms with Gasteiger partial charge in [-0.15, -0.1) is 12.4 Å². The molecule has 0 aliphatic rings. The molecule has 0 aromatic heterocycles. The third kappa shape index (κ3) is 8.00. The summed E-state index contributed by atoms with van der Waals surface area (Å²) < 4.78 is 4.63. The summed E-state index contributed by atoms with van der Waals surface area (Å²) in [6.45, 7) is 5.05. The van der Waals surface area contributed by atoms with Crippen molar-refractivity contribution in [3.05, 3.63) is 35.9 Å². The Bertz CT molecular complexity index is 480. The Kier molecular flexibility index (Phi) is 10.3. The minimum atomic E-state index is -0.332. The van der Waals surface area contributed by atoms with Gasteiger partial charge in [0.1, 0.15) is 0 Å². The summed E-state index contributed by atoms with van der Waals surface area (Å²) in [6, 6.07) is 9.23. The molecular weight excluding hydrogens is 316 g/mol. The molecule has 1 amide bonds. The summed E-state index contributed by atoms with van der Waals surface area (Å²) >= 11 is 0. The van der Waals surface area contributed by atoms with E-state index in [0.29, 0.717) is 19.0 Å². The third-order valence-electron chi connectivity index (χ3n) is 3.37. The van der Waals surface area contributed by atoms with Crippen molar-refractivity contribution >= 4 is 24.3 Å². The fraction of sp³-hybridized carbons (Fsp3) is 0.529. The Balaban J connectivity index is 0.00000484. The lowest BCUT2D eigenvalue weighted by atomic mass is 10.0. The van der Waals surface area contributed by atoms with E-state index in [1.807, 2.05) is 44.2 Å². The van der Waals surface area contributed by atoms with Gasteiger partial charge in [-0.3, -0.25) is 9.59 Å². The lowest BCUT2D eigenvalue weighted by Crippen LogP contribution is -2.37. The van der Waals surface area contributed by atoms with E-state index in [2.05, 4.69) is 4.74 Å². The summed E-state index contributed by atoms with van der Waals surface area (Å²) in [6.07, 6.45) is 0.438. The van der Waals surface area contributed by atoms with Gasteiger partial charge in [0.05, 0.1) is 13.5 Å². The highest BCUT2D eigenvalue weighted by molar-refractivity contribution is 5.85.